The van der Waals surface area contributed by atoms with Crippen LogP contribution < -0.4 is 5.73 Å². The molecule has 0 aliphatic heterocycles. The molecule has 1 aromatic rings. The van der Waals surface area contributed by atoms with Crippen LogP contribution in [0.15, 0.2) is 0 Å². The topological polar surface area (TPSA) is 43.8 Å². The van der Waals surface area contributed by atoms with E-state index in [-0.39, 0.29) is 11.5 Å². The number of halogens is 1. The molecular weight excluding hydrogens is 234 g/mol. The van der Waals surface area contributed by atoms with Crippen LogP contribution >= 0.6 is 11.6 Å². The molecule has 0 bridgehead atoms. The Bertz CT molecular complexity index is 377. The van der Waals surface area contributed by atoms with Gasteiger partial charge in [-0.05, 0) is 18.8 Å². The first kappa shape index (κ1) is 14.5. The zero-order chi connectivity index (χ0) is 13.2. The van der Waals surface area contributed by atoms with Gasteiger partial charge >= 0.3 is 0 Å². The highest BCUT2D eigenvalue weighted by Gasteiger charge is 2.24. The van der Waals surface area contributed by atoms with Crippen molar-refractivity contribution in [1.29, 1.82) is 0 Å². The van der Waals surface area contributed by atoms with E-state index < -0.39 is 0 Å². The molecule has 3 nitrogen and oxygen atoms in total. The molecule has 0 spiro atoms. The smallest absolute Gasteiger partial charge is 0.0850 e. The molecule has 1 atom stereocenters. The van der Waals surface area contributed by atoms with E-state index in [9.17, 15) is 0 Å². The highest BCUT2D eigenvalue weighted by molar-refractivity contribution is 6.31. The minimum Gasteiger partial charge on any atom is -0.327 e. The summed E-state index contributed by atoms with van der Waals surface area (Å²) in [6.07, 6.45) is 1.65. The lowest BCUT2D eigenvalue weighted by Crippen LogP contribution is -2.37. The van der Waals surface area contributed by atoms with Gasteiger partial charge in [-0.2, -0.15) is 5.10 Å². The first-order valence-corrected chi connectivity index (χ1v) is 6.68. The molecule has 1 aromatic heterocycles. The average Bonchev–Trinajstić information content (AvgIpc) is 2.54. The summed E-state index contributed by atoms with van der Waals surface area (Å²) < 4.78 is 1.98. The summed E-state index contributed by atoms with van der Waals surface area (Å²) in [5.74, 6) is 0. The summed E-state index contributed by atoms with van der Waals surface area (Å²) >= 11 is 6.36. The second-order valence-corrected chi connectivity index (χ2v) is 5.93. The van der Waals surface area contributed by atoms with Crippen molar-refractivity contribution in [2.45, 2.75) is 60.0 Å². The first-order valence-electron chi connectivity index (χ1n) is 6.30. The van der Waals surface area contributed by atoms with Crippen LogP contribution in [0.4, 0.5) is 0 Å². The molecule has 0 fully saturated rings. The number of rotatable bonds is 4. The minimum absolute atomic E-state index is 0.0819. The van der Waals surface area contributed by atoms with E-state index in [4.69, 9.17) is 17.3 Å². The van der Waals surface area contributed by atoms with Gasteiger partial charge in [0, 0.05) is 19.0 Å². The Balaban J connectivity index is 3.01. The molecule has 0 amide bonds. The predicted molar refractivity (Wildman–Crippen MR) is 73.4 cm³/mol. The fourth-order valence-corrected chi connectivity index (χ4v) is 2.07. The molecule has 2 N–H and O–H groups in total. The van der Waals surface area contributed by atoms with Crippen molar-refractivity contribution in [1.82, 2.24) is 9.78 Å². The summed E-state index contributed by atoms with van der Waals surface area (Å²) in [4.78, 5) is 0. The van der Waals surface area contributed by atoms with Crippen LogP contribution in [0.1, 0.15) is 46.0 Å². The fraction of sp³-hybridized carbons (Fsp3) is 0.769. The van der Waals surface area contributed by atoms with Crippen molar-refractivity contribution in [3.63, 3.8) is 0 Å². The Hall–Kier alpha value is -0.540. The van der Waals surface area contributed by atoms with Gasteiger partial charge in [0.2, 0.25) is 0 Å². The Labute approximate surface area is 109 Å². The van der Waals surface area contributed by atoms with Crippen LogP contribution in [-0.2, 0) is 19.4 Å². The molecule has 17 heavy (non-hydrogen) atoms. The average molecular weight is 258 g/mol. The number of nitrogens with zero attached hydrogens (tertiary/aromatic N) is 2. The number of hydrogen-bond donors (Lipinski definition) is 1. The Kier molecular flexibility index (Phi) is 4.62. The van der Waals surface area contributed by atoms with E-state index in [1.165, 1.54) is 0 Å². The summed E-state index contributed by atoms with van der Waals surface area (Å²) in [7, 11) is 0. The van der Waals surface area contributed by atoms with Crippen LogP contribution in [0.25, 0.3) is 0 Å². The predicted octanol–water partition coefficient (Wildman–Crippen LogP) is 3.03. The standard InChI is InChI=1S/C13H24ClN3/c1-6-9-12(14)10(17(7-2)16-9)8-11(15)13(3,4)5/h11H,6-8,15H2,1-5H3. The molecule has 4 heteroatoms. The van der Waals surface area contributed by atoms with E-state index in [1.807, 2.05) is 4.68 Å². The Morgan fingerprint density at radius 1 is 1.35 bits per heavy atom. The highest BCUT2D eigenvalue weighted by Crippen LogP contribution is 2.27. The van der Waals surface area contributed by atoms with Crippen LogP contribution in [0.2, 0.25) is 5.02 Å². The van der Waals surface area contributed by atoms with Gasteiger partial charge in [-0.15, -0.1) is 0 Å². The van der Waals surface area contributed by atoms with E-state index in [2.05, 4.69) is 39.7 Å². The quantitative estimate of drug-likeness (QED) is 0.901. The monoisotopic (exact) mass is 257 g/mol. The molecule has 1 heterocycles. The third-order valence-corrected chi connectivity index (χ3v) is 3.66. The van der Waals surface area contributed by atoms with Crippen LogP contribution in [0.5, 0.6) is 0 Å². The number of aryl methyl sites for hydroxylation is 2. The van der Waals surface area contributed by atoms with Gasteiger partial charge < -0.3 is 5.73 Å². The van der Waals surface area contributed by atoms with Gasteiger partial charge in [-0.1, -0.05) is 39.3 Å². The third kappa shape index (κ3) is 3.23. The zero-order valence-electron chi connectivity index (χ0n) is 11.5. The molecule has 1 rings (SSSR count). The number of nitrogens with two attached hydrogens (primary N) is 1. The van der Waals surface area contributed by atoms with Crippen molar-refractivity contribution in [2.75, 3.05) is 0 Å². The van der Waals surface area contributed by atoms with E-state index in [0.717, 1.165) is 35.8 Å². The molecular formula is C13H24ClN3. The first-order chi connectivity index (χ1) is 7.81. The summed E-state index contributed by atoms with van der Waals surface area (Å²) in [5.41, 5.74) is 8.36. The van der Waals surface area contributed by atoms with Gasteiger partial charge in [-0.3, -0.25) is 4.68 Å². The van der Waals surface area contributed by atoms with Gasteiger partial charge in [0.05, 0.1) is 16.4 Å². The Morgan fingerprint density at radius 2 is 1.94 bits per heavy atom. The zero-order valence-corrected chi connectivity index (χ0v) is 12.3. The van der Waals surface area contributed by atoms with Gasteiger partial charge in [0.25, 0.3) is 0 Å². The van der Waals surface area contributed by atoms with Gasteiger partial charge in [0.15, 0.2) is 0 Å². The van der Waals surface area contributed by atoms with E-state index >= 15 is 0 Å². The minimum atomic E-state index is 0.0819. The second kappa shape index (κ2) is 5.40. The highest BCUT2D eigenvalue weighted by atomic mass is 35.5. The summed E-state index contributed by atoms with van der Waals surface area (Å²) in [5, 5.41) is 5.31. The second-order valence-electron chi connectivity index (χ2n) is 5.55. The molecule has 0 saturated carbocycles. The van der Waals surface area contributed by atoms with E-state index in [1.54, 1.807) is 0 Å². The number of aromatic nitrogens is 2. The lowest BCUT2D eigenvalue weighted by Gasteiger charge is -2.27. The van der Waals surface area contributed by atoms with Crippen molar-refractivity contribution < 1.29 is 0 Å². The van der Waals surface area contributed by atoms with Crippen molar-refractivity contribution in [2.24, 2.45) is 11.1 Å². The summed E-state index contributed by atoms with van der Waals surface area (Å²) in [6, 6.07) is 0.0895. The lowest BCUT2D eigenvalue weighted by molar-refractivity contribution is 0.313. The molecule has 0 aliphatic rings. The van der Waals surface area contributed by atoms with Crippen molar-refractivity contribution in [3.05, 3.63) is 16.4 Å². The van der Waals surface area contributed by atoms with Crippen LogP contribution in [0, 0.1) is 5.41 Å². The molecule has 0 aromatic carbocycles. The number of hydrogen-bond acceptors (Lipinski definition) is 2. The maximum Gasteiger partial charge on any atom is 0.0850 e. The molecule has 98 valence electrons. The van der Waals surface area contributed by atoms with Gasteiger partial charge in [0.1, 0.15) is 0 Å². The molecule has 0 saturated heterocycles. The molecule has 1 unspecified atom stereocenters. The maximum atomic E-state index is 6.36. The molecule has 0 aliphatic carbocycles. The lowest BCUT2D eigenvalue weighted by atomic mass is 9.85. The fourth-order valence-electron chi connectivity index (χ4n) is 1.73. The van der Waals surface area contributed by atoms with Crippen LogP contribution in [-0.4, -0.2) is 15.8 Å². The molecule has 0 radical (unpaired) electrons. The normalized spacial score (nSPS) is 14.1. The summed E-state index contributed by atoms with van der Waals surface area (Å²) in [6.45, 7) is 11.4. The SMILES string of the molecule is CCc1nn(CC)c(CC(N)C(C)(C)C)c1Cl. The Morgan fingerprint density at radius 3 is 2.35 bits per heavy atom. The van der Waals surface area contributed by atoms with Crippen molar-refractivity contribution in [3.8, 4) is 0 Å². The van der Waals surface area contributed by atoms with Gasteiger partial charge in [-0.25, -0.2) is 0 Å². The third-order valence-electron chi connectivity index (χ3n) is 3.22. The van der Waals surface area contributed by atoms with E-state index in [0.29, 0.717) is 0 Å². The largest absolute Gasteiger partial charge is 0.327 e. The van der Waals surface area contributed by atoms with Crippen molar-refractivity contribution >= 4 is 11.6 Å². The van der Waals surface area contributed by atoms with Crippen LogP contribution in [0.3, 0.4) is 0 Å². The maximum absolute atomic E-state index is 6.36.